The van der Waals surface area contributed by atoms with Gasteiger partial charge in [-0.3, -0.25) is 19.5 Å². The number of rotatable bonds is 13. The fourth-order valence-corrected chi connectivity index (χ4v) is 4.69. The molecule has 0 aliphatic carbocycles. The molecule has 4 aromatic heterocycles. The number of hydrogen-bond donors (Lipinski definition) is 5. The van der Waals surface area contributed by atoms with Crippen LogP contribution in [-0.4, -0.2) is 94.1 Å². The van der Waals surface area contributed by atoms with Crippen molar-refractivity contribution in [1.82, 2.24) is 50.1 Å². The smallest absolute Gasteiger partial charge is 0.407 e. The summed E-state index contributed by atoms with van der Waals surface area (Å²) in [5, 5.41) is 30.6. The Morgan fingerprint density at radius 2 is 1.26 bits per heavy atom. The SMILES string of the molecule is C1CCOC1.CC(C)(C)OC(=O)NCCCn1cc(Nc2nc(Cl)ncc2N)cn1.CC(C)(C)OC(=O)NCCCn1cc(Nc2nc(Cl)ncc2[N+](=O)[O-])cn1. The van der Waals surface area contributed by atoms with Crippen LogP contribution in [0.15, 0.2) is 37.2 Å². The van der Waals surface area contributed by atoms with Gasteiger partial charge >= 0.3 is 17.9 Å². The number of nitro groups is 1. The van der Waals surface area contributed by atoms with Crippen LogP contribution in [0.4, 0.5) is 44.0 Å². The van der Waals surface area contributed by atoms with Crippen molar-refractivity contribution in [2.24, 2.45) is 0 Å². The highest BCUT2D eigenvalue weighted by Gasteiger charge is 2.19. The van der Waals surface area contributed by atoms with E-state index in [0.717, 1.165) is 25.1 Å². The minimum Gasteiger partial charge on any atom is -0.444 e. The molecule has 2 amide bonds. The number of carbonyl (C=O) groups excluding carboxylic acids is 2. The number of nitrogens with one attached hydrogen (secondary N) is 4. The lowest BCUT2D eigenvalue weighted by Gasteiger charge is -2.19. The number of ether oxygens (including phenoxy) is 3. The molecule has 0 saturated carbocycles. The van der Waals surface area contributed by atoms with Crippen LogP contribution in [0, 0.1) is 10.1 Å². The minimum atomic E-state index is -0.606. The van der Waals surface area contributed by atoms with Gasteiger partial charge in [-0.05, 0) is 90.4 Å². The first-order valence-corrected chi connectivity index (χ1v) is 18.7. The van der Waals surface area contributed by atoms with Crippen LogP contribution in [0.1, 0.15) is 67.2 Å². The third kappa shape index (κ3) is 18.8. The molecule has 1 fully saturated rings. The first-order chi connectivity index (χ1) is 26.9. The highest BCUT2D eigenvalue weighted by atomic mass is 35.5. The summed E-state index contributed by atoms with van der Waals surface area (Å²) in [6.07, 6.45) is 12.1. The first-order valence-electron chi connectivity index (χ1n) is 17.9. The van der Waals surface area contributed by atoms with E-state index in [1.807, 2.05) is 27.0 Å². The summed E-state index contributed by atoms with van der Waals surface area (Å²) < 4.78 is 18.6. The van der Waals surface area contributed by atoms with Gasteiger partial charge in [0.2, 0.25) is 16.4 Å². The fourth-order valence-electron chi connectivity index (χ4n) is 4.43. The number of carbonyl (C=O) groups is 2. The van der Waals surface area contributed by atoms with Crippen LogP contribution in [0.25, 0.3) is 0 Å². The van der Waals surface area contributed by atoms with Gasteiger partial charge in [0.1, 0.15) is 17.4 Å². The van der Waals surface area contributed by atoms with E-state index in [1.165, 1.54) is 25.2 Å². The minimum absolute atomic E-state index is 0.0221. The van der Waals surface area contributed by atoms with Crippen LogP contribution in [0.3, 0.4) is 0 Å². The van der Waals surface area contributed by atoms with E-state index in [-0.39, 0.29) is 22.1 Å². The zero-order valence-electron chi connectivity index (χ0n) is 32.8. The third-order valence-corrected chi connectivity index (χ3v) is 7.17. The average Bonchev–Trinajstić information content (AvgIpc) is 3.91. The molecule has 1 aliphatic heterocycles. The molecule has 5 heterocycles. The van der Waals surface area contributed by atoms with Gasteiger partial charge in [0.05, 0.1) is 40.6 Å². The summed E-state index contributed by atoms with van der Waals surface area (Å²) in [6, 6.07) is 0. The Bertz CT molecular complexity index is 1880. The monoisotopic (exact) mass is 836 g/mol. The number of amides is 2. The van der Waals surface area contributed by atoms with Gasteiger partial charge in [-0.1, -0.05) is 0 Å². The van der Waals surface area contributed by atoms with E-state index in [0.29, 0.717) is 56.2 Å². The summed E-state index contributed by atoms with van der Waals surface area (Å²) >= 11 is 11.4. The summed E-state index contributed by atoms with van der Waals surface area (Å²) in [4.78, 5) is 48.7. The predicted molar refractivity (Wildman–Crippen MR) is 214 cm³/mol. The van der Waals surface area contributed by atoms with Crippen molar-refractivity contribution in [1.29, 1.82) is 0 Å². The Hall–Kier alpha value is -5.54. The Morgan fingerprint density at radius 1 is 0.807 bits per heavy atom. The van der Waals surface area contributed by atoms with Crippen molar-refractivity contribution >= 4 is 69.8 Å². The van der Waals surface area contributed by atoms with E-state index in [1.54, 1.807) is 42.5 Å². The first kappa shape index (κ1) is 45.8. The molecule has 0 unspecified atom stereocenters. The molecule has 21 nitrogen and oxygen atoms in total. The Labute approximate surface area is 339 Å². The lowest BCUT2D eigenvalue weighted by atomic mass is 10.2. The molecular weight excluding hydrogens is 787 g/mol. The van der Waals surface area contributed by atoms with Crippen molar-refractivity contribution < 1.29 is 28.7 Å². The van der Waals surface area contributed by atoms with Crippen LogP contribution >= 0.6 is 23.2 Å². The zero-order valence-corrected chi connectivity index (χ0v) is 34.3. The van der Waals surface area contributed by atoms with Crippen molar-refractivity contribution in [3.8, 4) is 0 Å². The van der Waals surface area contributed by atoms with Crippen LogP contribution in [0.5, 0.6) is 0 Å². The average molecular weight is 838 g/mol. The number of aromatic nitrogens is 8. The van der Waals surface area contributed by atoms with E-state index >= 15 is 0 Å². The van der Waals surface area contributed by atoms with Gasteiger partial charge in [-0.15, -0.1) is 0 Å². The summed E-state index contributed by atoms with van der Waals surface area (Å²) in [7, 11) is 0. The van der Waals surface area contributed by atoms with Gasteiger partial charge in [0, 0.05) is 51.8 Å². The molecule has 1 aliphatic rings. The second kappa shape index (κ2) is 22.3. The van der Waals surface area contributed by atoms with Crippen LogP contribution in [0.2, 0.25) is 10.6 Å². The van der Waals surface area contributed by atoms with E-state index in [9.17, 15) is 19.7 Å². The number of nitrogens with two attached hydrogens (primary N) is 1. The molecule has 0 radical (unpaired) electrons. The topological polar surface area (TPSA) is 266 Å². The molecule has 23 heteroatoms. The van der Waals surface area contributed by atoms with Gasteiger partial charge in [0.25, 0.3) is 0 Å². The number of aryl methyl sites for hydroxylation is 2. The number of nitrogens with zero attached hydrogens (tertiary/aromatic N) is 9. The van der Waals surface area contributed by atoms with E-state index in [4.69, 9.17) is 43.1 Å². The maximum atomic E-state index is 11.5. The van der Waals surface area contributed by atoms with Crippen molar-refractivity contribution in [2.45, 2.75) is 91.5 Å². The van der Waals surface area contributed by atoms with Gasteiger partial charge in [-0.25, -0.2) is 19.6 Å². The summed E-state index contributed by atoms with van der Waals surface area (Å²) in [5.74, 6) is 0.400. The molecule has 4 aromatic rings. The summed E-state index contributed by atoms with van der Waals surface area (Å²) in [6.45, 7) is 14.9. The Morgan fingerprint density at radius 3 is 1.70 bits per heavy atom. The predicted octanol–water partition coefficient (Wildman–Crippen LogP) is 6.26. The number of alkyl carbamates (subject to hydrolysis) is 2. The maximum Gasteiger partial charge on any atom is 0.407 e. The Kier molecular flexibility index (Phi) is 17.9. The van der Waals surface area contributed by atoms with Gasteiger partial charge in [-0.2, -0.15) is 20.2 Å². The van der Waals surface area contributed by atoms with Gasteiger partial charge < -0.3 is 41.2 Å². The van der Waals surface area contributed by atoms with E-state index < -0.39 is 28.3 Å². The number of halogens is 2. The standard InChI is InChI=1S/C15H20ClN7O4.C15H22ClN7O2.C4H8O/c1-15(2,3)27-14(24)17-5-4-6-22-9-10(7-19-22)20-12-11(23(25)26)8-18-13(16)21-12;1-15(2,3)25-14(24)18-5-4-6-23-9-10(7-20-23)21-12-11(17)8-19-13(16)22-12;1-2-4-5-3-1/h7-9H,4-6H2,1-3H3,(H,17,24)(H,18,20,21);7-9H,4-6,17H2,1-3H3,(H,18,24)(H,19,21,22);1-4H2. The second-order valence-corrected chi connectivity index (χ2v) is 14.9. The normalized spacial score (nSPS) is 12.3. The molecule has 6 N–H and O–H groups in total. The third-order valence-electron chi connectivity index (χ3n) is 6.81. The molecular formula is C34H50Cl2N14O7. The highest BCUT2D eigenvalue weighted by Crippen LogP contribution is 2.25. The molecule has 1 saturated heterocycles. The second-order valence-electron chi connectivity index (χ2n) is 14.2. The quantitative estimate of drug-likeness (QED) is 0.0431. The fraction of sp³-hybridized carbons (Fsp3) is 0.529. The Balaban J connectivity index is 0.000000272. The van der Waals surface area contributed by atoms with Crippen molar-refractivity contribution in [3.63, 3.8) is 0 Å². The van der Waals surface area contributed by atoms with Crippen molar-refractivity contribution in [2.75, 3.05) is 42.7 Å². The molecule has 0 aromatic carbocycles. The molecule has 0 spiro atoms. The zero-order chi connectivity index (χ0) is 42.0. The maximum absolute atomic E-state index is 11.5. The number of nitrogen functional groups attached to an aromatic ring is 1. The number of anilines is 5. The van der Waals surface area contributed by atoms with Crippen LogP contribution < -0.4 is 27.0 Å². The van der Waals surface area contributed by atoms with Crippen molar-refractivity contribution in [3.05, 3.63) is 57.9 Å². The lowest BCUT2D eigenvalue weighted by Crippen LogP contribution is -2.33. The highest BCUT2D eigenvalue weighted by molar-refractivity contribution is 6.28. The summed E-state index contributed by atoms with van der Waals surface area (Å²) in [5.41, 5.74) is 6.07. The molecule has 0 bridgehead atoms. The molecule has 5 rings (SSSR count). The largest absolute Gasteiger partial charge is 0.444 e. The number of hydrogen-bond acceptors (Lipinski definition) is 16. The molecule has 312 valence electrons. The molecule has 0 atom stereocenters. The van der Waals surface area contributed by atoms with E-state index in [2.05, 4.69) is 51.4 Å². The molecule has 57 heavy (non-hydrogen) atoms. The van der Waals surface area contributed by atoms with Gasteiger partial charge in [0.15, 0.2) is 5.82 Å². The van der Waals surface area contributed by atoms with Crippen LogP contribution in [-0.2, 0) is 27.3 Å². The lowest BCUT2D eigenvalue weighted by molar-refractivity contribution is -0.384.